The van der Waals surface area contributed by atoms with E-state index in [2.05, 4.69) is 15.8 Å². The molecule has 4 rings (SSSR count). The first kappa shape index (κ1) is 22.6. The Morgan fingerprint density at radius 1 is 1.00 bits per heavy atom. The Bertz CT molecular complexity index is 1200. The molecule has 0 spiro atoms. The zero-order chi connectivity index (χ0) is 24.2. The van der Waals surface area contributed by atoms with Crippen LogP contribution in [0.4, 0.5) is 17.1 Å². The lowest BCUT2D eigenvalue weighted by molar-refractivity contribution is -0.384. The number of ketones is 1. The predicted molar refractivity (Wildman–Crippen MR) is 127 cm³/mol. The first-order valence-electron chi connectivity index (χ1n) is 11.0. The van der Waals surface area contributed by atoms with Gasteiger partial charge in [0.05, 0.1) is 10.6 Å². The number of carbonyl (C=O) groups excluding carboxylic acids is 2. The van der Waals surface area contributed by atoms with Crippen molar-refractivity contribution >= 4 is 34.5 Å². The molecule has 0 aliphatic heterocycles. The number of non-ortho nitro benzene ring substituents is 1. The van der Waals surface area contributed by atoms with Gasteiger partial charge in [-0.15, -0.1) is 0 Å². The summed E-state index contributed by atoms with van der Waals surface area (Å²) in [6.45, 7) is 9.90. The zero-order valence-corrected chi connectivity index (χ0v) is 19.5. The van der Waals surface area contributed by atoms with Crippen molar-refractivity contribution in [1.29, 1.82) is 0 Å². The van der Waals surface area contributed by atoms with Gasteiger partial charge in [0.25, 0.3) is 5.69 Å². The summed E-state index contributed by atoms with van der Waals surface area (Å²) in [5, 5.41) is 18.3. The molecule has 2 N–H and O–H groups in total. The van der Waals surface area contributed by atoms with Crippen LogP contribution >= 0.6 is 0 Å². The summed E-state index contributed by atoms with van der Waals surface area (Å²) in [6, 6.07) is 11.5. The van der Waals surface area contributed by atoms with Crippen LogP contribution in [0.25, 0.3) is 0 Å². The van der Waals surface area contributed by atoms with E-state index in [4.69, 9.17) is 0 Å². The van der Waals surface area contributed by atoms with Gasteiger partial charge in [0, 0.05) is 23.2 Å². The van der Waals surface area contributed by atoms with Crippen molar-refractivity contribution in [3.05, 3.63) is 63.7 Å². The molecule has 172 valence electrons. The minimum atomic E-state index is -1.21. The Morgan fingerprint density at radius 2 is 1.64 bits per heavy atom. The van der Waals surface area contributed by atoms with E-state index in [1.54, 1.807) is 0 Å². The number of nitro benzene ring substituents is 1. The van der Waals surface area contributed by atoms with Gasteiger partial charge in [-0.1, -0.05) is 26.8 Å². The summed E-state index contributed by atoms with van der Waals surface area (Å²) < 4.78 is 0. The van der Waals surface area contributed by atoms with Crippen molar-refractivity contribution in [2.45, 2.75) is 47.5 Å². The molecule has 0 radical (unpaired) electrons. The molecular weight excluding hydrogens is 420 g/mol. The third kappa shape index (κ3) is 3.15. The lowest BCUT2D eigenvalue weighted by Gasteiger charge is -2.37. The monoisotopic (exact) mass is 448 g/mol. The number of hydrazone groups is 1. The van der Waals surface area contributed by atoms with Crippen LogP contribution < -0.4 is 10.7 Å². The third-order valence-electron chi connectivity index (χ3n) is 8.10. The van der Waals surface area contributed by atoms with Crippen LogP contribution in [0.3, 0.4) is 0 Å². The van der Waals surface area contributed by atoms with Crippen LogP contribution in [-0.4, -0.2) is 22.3 Å². The van der Waals surface area contributed by atoms with Crippen molar-refractivity contribution in [2.24, 2.45) is 21.3 Å². The standard InChI is InChI=1S/C25H28N4O4/c1-15-6-7-18(14-16(15)2)26-22(31)25-13-12-24(5,23(25,3)4)20(21(25)30)28-27-17-8-10-19(11-9-17)29(32)33/h6-11,14,27H,12-13H2,1-5H3,(H,26,31)/b28-20+. The van der Waals surface area contributed by atoms with Crippen LogP contribution in [0, 0.1) is 40.2 Å². The van der Waals surface area contributed by atoms with E-state index in [-0.39, 0.29) is 17.4 Å². The van der Waals surface area contributed by atoms with E-state index in [9.17, 15) is 19.7 Å². The summed E-state index contributed by atoms with van der Waals surface area (Å²) in [5.74, 6) is -0.568. The Labute approximate surface area is 192 Å². The second-order valence-electron chi connectivity index (χ2n) is 9.82. The summed E-state index contributed by atoms with van der Waals surface area (Å²) >= 11 is 0. The van der Waals surface area contributed by atoms with Gasteiger partial charge in [-0.3, -0.25) is 25.1 Å². The molecule has 0 saturated heterocycles. The van der Waals surface area contributed by atoms with Crippen molar-refractivity contribution in [3.8, 4) is 0 Å². The molecule has 0 heterocycles. The average Bonchev–Trinajstić information content (AvgIpc) is 3.04. The van der Waals surface area contributed by atoms with Crippen LogP contribution in [0.5, 0.6) is 0 Å². The lowest BCUT2D eigenvalue weighted by atomic mass is 9.64. The fourth-order valence-corrected chi connectivity index (χ4v) is 5.31. The normalized spacial score (nSPS) is 26.5. The summed E-state index contributed by atoms with van der Waals surface area (Å²) in [7, 11) is 0. The van der Waals surface area contributed by atoms with Crippen molar-refractivity contribution < 1.29 is 14.5 Å². The number of rotatable bonds is 5. The number of nitro groups is 1. The molecular formula is C25H28N4O4. The zero-order valence-electron chi connectivity index (χ0n) is 19.5. The van der Waals surface area contributed by atoms with E-state index >= 15 is 0 Å². The molecule has 2 atom stereocenters. The van der Waals surface area contributed by atoms with Gasteiger partial charge >= 0.3 is 0 Å². The number of hydrogen-bond donors (Lipinski definition) is 2. The molecule has 2 unspecified atom stereocenters. The van der Waals surface area contributed by atoms with Gasteiger partial charge < -0.3 is 5.32 Å². The SMILES string of the molecule is Cc1ccc(NC(=O)C23CCC(C)(/C(=N/Nc4ccc([N+](=O)[O-])cc4)C2=O)C3(C)C)cc1C. The molecule has 8 heteroatoms. The molecule has 2 aromatic rings. The number of anilines is 2. The molecule has 33 heavy (non-hydrogen) atoms. The van der Waals surface area contributed by atoms with E-state index in [1.807, 2.05) is 52.8 Å². The minimum absolute atomic E-state index is 0.0285. The molecule has 0 aromatic heterocycles. The fourth-order valence-electron chi connectivity index (χ4n) is 5.31. The van der Waals surface area contributed by atoms with Crippen LogP contribution in [0.15, 0.2) is 47.6 Å². The van der Waals surface area contributed by atoms with Gasteiger partial charge in [-0.2, -0.15) is 5.10 Å². The molecule has 2 aliphatic rings. The number of amides is 1. The van der Waals surface area contributed by atoms with E-state index in [0.29, 0.717) is 29.9 Å². The summed E-state index contributed by atoms with van der Waals surface area (Å²) in [4.78, 5) is 37.7. The van der Waals surface area contributed by atoms with Crippen molar-refractivity contribution in [3.63, 3.8) is 0 Å². The molecule has 1 amide bonds. The highest BCUT2D eigenvalue weighted by Gasteiger charge is 2.76. The topological polar surface area (TPSA) is 114 Å². The predicted octanol–water partition coefficient (Wildman–Crippen LogP) is 5.01. The Balaban J connectivity index is 1.65. The minimum Gasteiger partial charge on any atom is -0.325 e. The van der Waals surface area contributed by atoms with Gasteiger partial charge in [-0.25, -0.2) is 0 Å². The lowest BCUT2D eigenvalue weighted by Crippen LogP contribution is -2.47. The molecule has 8 nitrogen and oxygen atoms in total. The highest BCUT2D eigenvalue weighted by atomic mass is 16.6. The van der Waals surface area contributed by atoms with Gasteiger partial charge in [0.15, 0.2) is 5.78 Å². The second-order valence-corrected chi connectivity index (χ2v) is 9.82. The maximum Gasteiger partial charge on any atom is 0.269 e. The second kappa shape index (κ2) is 7.50. The molecule has 2 fully saturated rings. The number of nitrogens with zero attached hydrogens (tertiary/aromatic N) is 2. The number of carbonyl (C=O) groups is 2. The molecule has 2 aliphatic carbocycles. The number of aryl methyl sites for hydroxylation is 2. The molecule has 2 saturated carbocycles. The van der Waals surface area contributed by atoms with Crippen LogP contribution in [-0.2, 0) is 9.59 Å². The maximum absolute atomic E-state index is 13.7. The summed E-state index contributed by atoms with van der Waals surface area (Å²) in [5.41, 5.74) is 4.12. The van der Waals surface area contributed by atoms with E-state index in [0.717, 1.165) is 11.1 Å². The molecule has 2 aromatic carbocycles. The number of Topliss-reactive ketones (excluding diaryl/α,β-unsaturated/α-hetero) is 1. The van der Waals surface area contributed by atoms with Gasteiger partial charge in [0.2, 0.25) is 5.91 Å². The fraction of sp³-hybridized carbons (Fsp3) is 0.400. The highest BCUT2D eigenvalue weighted by Crippen LogP contribution is 2.69. The largest absolute Gasteiger partial charge is 0.325 e. The Kier molecular flexibility index (Phi) is 5.15. The van der Waals surface area contributed by atoms with Crippen molar-refractivity contribution in [1.82, 2.24) is 0 Å². The first-order valence-corrected chi connectivity index (χ1v) is 11.0. The molecule has 2 bridgehead atoms. The van der Waals surface area contributed by atoms with Crippen LogP contribution in [0.2, 0.25) is 0 Å². The smallest absolute Gasteiger partial charge is 0.269 e. The first-order chi connectivity index (χ1) is 15.4. The average molecular weight is 449 g/mol. The van der Waals surface area contributed by atoms with Gasteiger partial charge in [0.1, 0.15) is 11.1 Å². The quantitative estimate of drug-likeness (QED) is 0.379. The highest BCUT2D eigenvalue weighted by molar-refractivity contribution is 6.51. The van der Waals surface area contributed by atoms with E-state index in [1.165, 1.54) is 24.3 Å². The van der Waals surface area contributed by atoms with Crippen LogP contribution in [0.1, 0.15) is 44.7 Å². The van der Waals surface area contributed by atoms with E-state index < -0.39 is 21.2 Å². The number of fused-ring (bicyclic) bond motifs is 2. The van der Waals surface area contributed by atoms with Crippen molar-refractivity contribution in [2.75, 3.05) is 10.7 Å². The Morgan fingerprint density at radius 3 is 2.24 bits per heavy atom. The number of nitrogens with one attached hydrogen (secondary N) is 2. The van der Waals surface area contributed by atoms with Gasteiger partial charge in [-0.05, 0) is 67.5 Å². The maximum atomic E-state index is 13.7. The third-order valence-corrected chi connectivity index (χ3v) is 8.10. The Hall–Kier alpha value is -3.55. The summed E-state index contributed by atoms with van der Waals surface area (Å²) in [6.07, 6.45) is 1.12. The number of benzene rings is 2. The number of hydrogen-bond acceptors (Lipinski definition) is 6.